The lowest BCUT2D eigenvalue weighted by atomic mass is 10.3. The van der Waals surface area contributed by atoms with Gasteiger partial charge in [-0.05, 0) is 26.0 Å². The fourth-order valence-electron chi connectivity index (χ4n) is 2.53. The van der Waals surface area contributed by atoms with Crippen molar-refractivity contribution in [2.75, 3.05) is 31.2 Å². The van der Waals surface area contributed by atoms with Gasteiger partial charge in [0.2, 0.25) is 0 Å². The number of pyridine rings is 1. The molecule has 0 spiro atoms. The van der Waals surface area contributed by atoms with E-state index in [1.807, 2.05) is 12.3 Å². The molecule has 0 unspecified atom stereocenters. The molecule has 2 aromatic heterocycles. The molecule has 0 amide bonds. The number of rotatable bonds is 2. The molecule has 0 N–H and O–H groups in total. The van der Waals surface area contributed by atoms with Crippen molar-refractivity contribution in [1.29, 1.82) is 0 Å². The lowest BCUT2D eigenvalue weighted by molar-refractivity contribution is 0.123. The Morgan fingerprint density at radius 2 is 2.06 bits per heavy atom. The minimum atomic E-state index is 0.450. The largest absolute Gasteiger partial charge is 0.378 e. The van der Waals surface area contributed by atoms with Crippen LogP contribution in [0, 0.1) is 0 Å². The van der Waals surface area contributed by atoms with Gasteiger partial charge in [-0.3, -0.25) is 4.98 Å². The first-order valence-corrected chi connectivity index (χ1v) is 6.55. The number of nitrogens with zero attached hydrogens (tertiary/aromatic N) is 3. The average molecular weight is 245 g/mol. The number of aromatic nitrogens is 2. The quantitative estimate of drug-likeness (QED) is 0.814. The lowest BCUT2D eigenvalue weighted by Gasteiger charge is -2.27. The molecule has 1 fully saturated rings. The molecule has 0 aromatic carbocycles. The number of hydrogen-bond donors (Lipinski definition) is 0. The Balaban J connectivity index is 2.10. The summed E-state index contributed by atoms with van der Waals surface area (Å²) in [6.07, 6.45) is 4.10. The van der Waals surface area contributed by atoms with Crippen LogP contribution in [0.2, 0.25) is 0 Å². The summed E-state index contributed by atoms with van der Waals surface area (Å²) in [5.74, 6) is 0. The van der Waals surface area contributed by atoms with E-state index in [2.05, 4.69) is 40.6 Å². The van der Waals surface area contributed by atoms with Crippen molar-refractivity contribution in [2.45, 2.75) is 19.9 Å². The van der Waals surface area contributed by atoms with Crippen molar-refractivity contribution >= 4 is 16.7 Å². The summed E-state index contributed by atoms with van der Waals surface area (Å²) >= 11 is 0. The van der Waals surface area contributed by atoms with Gasteiger partial charge in [0, 0.05) is 31.5 Å². The standard InChI is InChI=1S/C14H19N3O/c1-11(2)17-10-13(16-6-8-18-9-7-16)14-12(17)4-3-5-15-14/h3-5,10-11H,6-9H2,1-2H3. The Labute approximate surface area is 107 Å². The number of morpholine rings is 1. The molecular formula is C14H19N3O. The van der Waals surface area contributed by atoms with E-state index in [1.165, 1.54) is 11.2 Å². The Morgan fingerprint density at radius 3 is 2.78 bits per heavy atom. The van der Waals surface area contributed by atoms with Crippen LogP contribution in [0.25, 0.3) is 11.0 Å². The Bertz CT molecular complexity index is 541. The third-order valence-electron chi connectivity index (χ3n) is 3.48. The summed E-state index contributed by atoms with van der Waals surface area (Å²) in [5.41, 5.74) is 3.56. The summed E-state index contributed by atoms with van der Waals surface area (Å²) < 4.78 is 7.72. The summed E-state index contributed by atoms with van der Waals surface area (Å²) in [6, 6.07) is 4.60. The average Bonchev–Trinajstić information content (AvgIpc) is 2.79. The van der Waals surface area contributed by atoms with Crippen molar-refractivity contribution in [3.8, 4) is 0 Å². The molecule has 3 rings (SSSR count). The maximum Gasteiger partial charge on any atom is 0.111 e. The molecule has 0 aliphatic carbocycles. The molecule has 18 heavy (non-hydrogen) atoms. The molecular weight excluding hydrogens is 226 g/mol. The van der Waals surface area contributed by atoms with Gasteiger partial charge in [-0.2, -0.15) is 0 Å². The van der Waals surface area contributed by atoms with Crippen molar-refractivity contribution in [3.63, 3.8) is 0 Å². The van der Waals surface area contributed by atoms with Crippen LogP contribution in [0.5, 0.6) is 0 Å². The predicted octanol–water partition coefficient (Wildman–Crippen LogP) is 2.45. The van der Waals surface area contributed by atoms with Gasteiger partial charge in [-0.15, -0.1) is 0 Å². The Morgan fingerprint density at radius 1 is 1.28 bits per heavy atom. The molecule has 4 nitrogen and oxygen atoms in total. The predicted molar refractivity (Wildman–Crippen MR) is 73.2 cm³/mol. The molecule has 0 radical (unpaired) electrons. The van der Waals surface area contributed by atoms with Crippen LogP contribution < -0.4 is 4.90 Å². The van der Waals surface area contributed by atoms with Crippen molar-refractivity contribution < 1.29 is 4.74 Å². The molecule has 1 aliphatic rings. The van der Waals surface area contributed by atoms with Crippen LogP contribution in [-0.4, -0.2) is 35.9 Å². The second-order valence-corrected chi connectivity index (χ2v) is 4.99. The van der Waals surface area contributed by atoms with Crippen molar-refractivity contribution in [3.05, 3.63) is 24.5 Å². The monoisotopic (exact) mass is 245 g/mol. The van der Waals surface area contributed by atoms with Crippen molar-refractivity contribution in [1.82, 2.24) is 9.55 Å². The molecule has 96 valence electrons. The van der Waals surface area contributed by atoms with Gasteiger partial charge in [0.1, 0.15) is 5.52 Å². The molecule has 3 heterocycles. The first-order chi connectivity index (χ1) is 8.77. The first-order valence-electron chi connectivity index (χ1n) is 6.55. The second kappa shape index (κ2) is 4.61. The van der Waals surface area contributed by atoms with E-state index in [0.717, 1.165) is 31.8 Å². The summed E-state index contributed by atoms with van der Waals surface area (Å²) in [6.45, 7) is 7.93. The van der Waals surface area contributed by atoms with Gasteiger partial charge < -0.3 is 14.2 Å². The topological polar surface area (TPSA) is 30.3 Å². The Hall–Kier alpha value is -1.55. The fraction of sp³-hybridized carbons (Fsp3) is 0.500. The van der Waals surface area contributed by atoms with Crippen LogP contribution >= 0.6 is 0 Å². The lowest BCUT2D eigenvalue weighted by Crippen LogP contribution is -2.36. The smallest absolute Gasteiger partial charge is 0.111 e. The van der Waals surface area contributed by atoms with Gasteiger partial charge in [0.05, 0.1) is 24.4 Å². The van der Waals surface area contributed by atoms with Gasteiger partial charge in [-0.1, -0.05) is 0 Å². The van der Waals surface area contributed by atoms with Gasteiger partial charge in [0.15, 0.2) is 0 Å². The molecule has 1 saturated heterocycles. The van der Waals surface area contributed by atoms with E-state index >= 15 is 0 Å². The summed E-state index contributed by atoms with van der Waals surface area (Å²) in [5, 5.41) is 0. The number of anilines is 1. The summed E-state index contributed by atoms with van der Waals surface area (Å²) in [4.78, 5) is 6.93. The van der Waals surface area contributed by atoms with E-state index in [1.54, 1.807) is 0 Å². The van der Waals surface area contributed by atoms with Crippen LogP contribution in [0.15, 0.2) is 24.5 Å². The highest BCUT2D eigenvalue weighted by Crippen LogP contribution is 2.30. The maximum atomic E-state index is 5.42. The van der Waals surface area contributed by atoms with E-state index in [0.29, 0.717) is 6.04 Å². The third kappa shape index (κ3) is 1.86. The van der Waals surface area contributed by atoms with E-state index in [4.69, 9.17) is 4.74 Å². The third-order valence-corrected chi connectivity index (χ3v) is 3.48. The molecule has 1 aliphatic heterocycles. The molecule has 0 saturated carbocycles. The first kappa shape index (κ1) is 11.5. The SMILES string of the molecule is CC(C)n1cc(N2CCOCC2)c2ncccc21. The minimum absolute atomic E-state index is 0.450. The van der Waals surface area contributed by atoms with E-state index < -0.39 is 0 Å². The highest BCUT2D eigenvalue weighted by atomic mass is 16.5. The number of hydrogen-bond acceptors (Lipinski definition) is 3. The van der Waals surface area contributed by atoms with E-state index in [-0.39, 0.29) is 0 Å². The van der Waals surface area contributed by atoms with Gasteiger partial charge >= 0.3 is 0 Å². The summed E-state index contributed by atoms with van der Waals surface area (Å²) in [7, 11) is 0. The zero-order valence-corrected chi connectivity index (χ0v) is 11.0. The van der Waals surface area contributed by atoms with Crippen LogP contribution in [-0.2, 0) is 4.74 Å². The number of fused-ring (bicyclic) bond motifs is 1. The van der Waals surface area contributed by atoms with E-state index in [9.17, 15) is 0 Å². The number of ether oxygens (including phenoxy) is 1. The molecule has 0 bridgehead atoms. The Kier molecular flexibility index (Phi) is 2.96. The van der Waals surface area contributed by atoms with Crippen LogP contribution in [0.3, 0.4) is 0 Å². The van der Waals surface area contributed by atoms with Crippen LogP contribution in [0.4, 0.5) is 5.69 Å². The highest BCUT2D eigenvalue weighted by Gasteiger charge is 2.18. The maximum absolute atomic E-state index is 5.42. The fourth-order valence-corrected chi connectivity index (χ4v) is 2.53. The normalized spacial score (nSPS) is 16.7. The van der Waals surface area contributed by atoms with Crippen molar-refractivity contribution in [2.24, 2.45) is 0 Å². The molecule has 2 aromatic rings. The second-order valence-electron chi connectivity index (χ2n) is 4.99. The minimum Gasteiger partial charge on any atom is -0.378 e. The molecule has 4 heteroatoms. The highest BCUT2D eigenvalue weighted by molar-refractivity contribution is 5.90. The zero-order chi connectivity index (χ0) is 12.5. The van der Waals surface area contributed by atoms with Gasteiger partial charge in [0.25, 0.3) is 0 Å². The molecule has 0 atom stereocenters. The zero-order valence-electron chi connectivity index (χ0n) is 11.0. The van der Waals surface area contributed by atoms with Crippen LogP contribution in [0.1, 0.15) is 19.9 Å². The van der Waals surface area contributed by atoms with Gasteiger partial charge in [-0.25, -0.2) is 0 Å².